The quantitative estimate of drug-likeness (QED) is 0.486. The monoisotopic (exact) mass is 176 g/mol. The Balaban J connectivity index is 3.69. The number of aliphatic carboxylic acids is 1. The standard InChI is InChI=1S/C6H8O6/c1-2-11-6(10)12-5(9)3-4(7)8/h2-3H2,1H3,(H,7,8). The Morgan fingerprint density at radius 2 is 1.92 bits per heavy atom. The highest BCUT2D eigenvalue weighted by Crippen LogP contribution is 1.90. The third-order valence-corrected chi connectivity index (χ3v) is 0.755. The van der Waals surface area contributed by atoms with E-state index in [9.17, 15) is 14.4 Å². The van der Waals surface area contributed by atoms with Gasteiger partial charge in [-0.05, 0) is 6.92 Å². The molecule has 0 spiro atoms. The topological polar surface area (TPSA) is 89.9 Å². The molecule has 0 aromatic rings. The Hall–Kier alpha value is -1.59. The van der Waals surface area contributed by atoms with Crippen molar-refractivity contribution in [2.75, 3.05) is 6.61 Å². The number of hydrogen-bond acceptors (Lipinski definition) is 5. The first-order chi connectivity index (χ1) is 5.56. The largest absolute Gasteiger partial charge is 0.516 e. The third-order valence-electron chi connectivity index (χ3n) is 0.755. The molecule has 0 saturated carbocycles. The summed E-state index contributed by atoms with van der Waals surface area (Å²) in [6.07, 6.45) is -2.03. The molecule has 0 aromatic carbocycles. The summed E-state index contributed by atoms with van der Waals surface area (Å²) in [4.78, 5) is 30.7. The van der Waals surface area contributed by atoms with E-state index < -0.39 is 24.5 Å². The number of carbonyl (C=O) groups excluding carboxylic acids is 2. The Morgan fingerprint density at radius 1 is 1.33 bits per heavy atom. The average molecular weight is 176 g/mol. The van der Waals surface area contributed by atoms with Gasteiger partial charge in [-0.3, -0.25) is 9.59 Å². The van der Waals surface area contributed by atoms with Gasteiger partial charge in [0.05, 0.1) is 6.61 Å². The van der Waals surface area contributed by atoms with E-state index in [-0.39, 0.29) is 6.61 Å². The first-order valence-electron chi connectivity index (χ1n) is 3.15. The van der Waals surface area contributed by atoms with Crippen molar-refractivity contribution in [2.45, 2.75) is 13.3 Å². The van der Waals surface area contributed by atoms with Crippen molar-refractivity contribution < 1.29 is 29.0 Å². The van der Waals surface area contributed by atoms with Gasteiger partial charge in [-0.25, -0.2) is 4.79 Å². The van der Waals surface area contributed by atoms with Gasteiger partial charge >= 0.3 is 18.1 Å². The Kier molecular flexibility index (Phi) is 4.43. The van der Waals surface area contributed by atoms with Gasteiger partial charge in [-0.1, -0.05) is 0 Å². The van der Waals surface area contributed by atoms with Crippen LogP contribution in [0, 0.1) is 0 Å². The lowest BCUT2D eigenvalue weighted by molar-refractivity contribution is -0.148. The van der Waals surface area contributed by atoms with Crippen LogP contribution in [0.5, 0.6) is 0 Å². The molecule has 0 unspecified atom stereocenters. The van der Waals surface area contributed by atoms with Gasteiger partial charge in [0.25, 0.3) is 0 Å². The predicted molar refractivity (Wildman–Crippen MR) is 35.4 cm³/mol. The summed E-state index contributed by atoms with van der Waals surface area (Å²) in [7, 11) is 0. The summed E-state index contributed by atoms with van der Waals surface area (Å²) in [5.74, 6) is -2.50. The van der Waals surface area contributed by atoms with Gasteiger partial charge in [-0.15, -0.1) is 0 Å². The highest BCUT2D eigenvalue weighted by molar-refractivity contribution is 5.94. The lowest BCUT2D eigenvalue weighted by Gasteiger charge is -1.99. The lowest BCUT2D eigenvalue weighted by atomic mass is 10.4. The van der Waals surface area contributed by atoms with Gasteiger partial charge in [0, 0.05) is 0 Å². The van der Waals surface area contributed by atoms with Crippen LogP contribution in [0.3, 0.4) is 0 Å². The molecule has 12 heavy (non-hydrogen) atoms. The molecule has 0 bridgehead atoms. The predicted octanol–water partition coefficient (Wildman–Crippen LogP) is 0.161. The van der Waals surface area contributed by atoms with E-state index in [4.69, 9.17) is 5.11 Å². The fourth-order valence-corrected chi connectivity index (χ4v) is 0.400. The average Bonchev–Trinajstić information content (AvgIpc) is 1.84. The number of hydrogen-bond donors (Lipinski definition) is 1. The molecule has 0 radical (unpaired) electrons. The number of carboxylic acid groups (broad SMARTS) is 1. The van der Waals surface area contributed by atoms with Crippen molar-refractivity contribution in [1.82, 2.24) is 0 Å². The number of carbonyl (C=O) groups is 3. The molecule has 0 rings (SSSR count). The number of carboxylic acids is 1. The summed E-state index contributed by atoms with van der Waals surface area (Å²) in [6.45, 7) is 1.60. The smallest absolute Gasteiger partial charge is 0.481 e. The first-order valence-corrected chi connectivity index (χ1v) is 3.15. The molecule has 0 amide bonds. The van der Waals surface area contributed by atoms with Gasteiger partial charge in [-0.2, -0.15) is 0 Å². The van der Waals surface area contributed by atoms with E-state index in [1.165, 1.54) is 6.92 Å². The van der Waals surface area contributed by atoms with Crippen molar-refractivity contribution in [3.63, 3.8) is 0 Å². The van der Waals surface area contributed by atoms with E-state index in [1.807, 2.05) is 0 Å². The van der Waals surface area contributed by atoms with Crippen LogP contribution >= 0.6 is 0 Å². The van der Waals surface area contributed by atoms with Crippen LogP contribution in [-0.2, 0) is 19.1 Å². The van der Waals surface area contributed by atoms with Crippen LogP contribution in [0.15, 0.2) is 0 Å². The van der Waals surface area contributed by atoms with Crippen LogP contribution in [0.4, 0.5) is 4.79 Å². The molecule has 0 aromatic heterocycles. The van der Waals surface area contributed by atoms with Crippen molar-refractivity contribution in [3.8, 4) is 0 Å². The maximum Gasteiger partial charge on any atom is 0.516 e. The molecule has 0 heterocycles. The molecule has 0 fully saturated rings. The molecule has 6 heteroatoms. The van der Waals surface area contributed by atoms with Crippen molar-refractivity contribution >= 4 is 18.1 Å². The highest BCUT2D eigenvalue weighted by Gasteiger charge is 2.14. The zero-order chi connectivity index (χ0) is 9.56. The van der Waals surface area contributed by atoms with Crippen LogP contribution in [0.1, 0.15) is 13.3 Å². The SMILES string of the molecule is CCOC(=O)OC(=O)CC(=O)O. The third kappa shape index (κ3) is 5.21. The zero-order valence-electron chi connectivity index (χ0n) is 6.40. The normalized spacial score (nSPS) is 8.75. The Labute approximate surface area is 68.1 Å². The summed E-state index contributed by atoms with van der Waals surface area (Å²) >= 11 is 0. The number of esters is 1. The highest BCUT2D eigenvalue weighted by atomic mass is 16.7. The van der Waals surface area contributed by atoms with Crippen LogP contribution in [-0.4, -0.2) is 29.8 Å². The lowest BCUT2D eigenvalue weighted by Crippen LogP contribution is -2.16. The molecule has 0 aliphatic heterocycles. The summed E-state index contributed by atoms with van der Waals surface area (Å²) in [5, 5.41) is 8.07. The fourth-order valence-electron chi connectivity index (χ4n) is 0.400. The zero-order valence-corrected chi connectivity index (χ0v) is 6.40. The van der Waals surface area contributed by atoms with Crippen LogP contribution in [0.25, 0.3) is 0 Å². The molecule has 0 saturated heterocycles. The maximum atomic E-state index is 10.4. The summed E-state index contributed by atoms with van der Waals surface area (Å²) < 4.78 is 8.14. The second-order valence-electron chi connectivity index (χ2n) is 1.73. The first kappa shape index (κ1) is 10.4. The Morgan fingerprint density at radius 3 is 2.33 bits per heavy atom. The maximum absolute atomic E-state index is 10.4. The van der Waals surface area contributed by atoms with Crippen LogP contribution in [0.2, 0.25) is 0 Å². The summed E-state index contributed by atoms with van der Waals surface area (Å²) in [6, 6.07) is 0. The fraction of sp³-hybridized carbons (Fsp3) is 0.500. The molecule has 0 atom stereocenters. The van der Waals surface area contributed by atoms with Gasteiger partial charge in [0.2, 0.25) is 0 Å². The second-order valence-corrected chi connectivity index (χ2v) is 1.73. The van der Waals surface area contributed by atoms with E-state index >= 15 is 0 Å². The van der Waals surface area contributed by atoms with Crippen molar-refractivity contribution in [3.05, 3.63) is 0 Å². The number of ether oxygens (including phenoxy) is 2. The van der Waals surface area contributed by atoms with E-state index in [2.05, 4.69) is 9.47 Å². The van der Waals surface area contributed by atoms with Gasteiger partial charge in [0.15, 0.2) is 0 Å². The van der Waals surface area contributed by atoms with Gasteiger partial charge in [0.1, 0.15) is 6.42 Å². The van der Waals surface area contributed by atoms with Crippen LogP contribution < -0.4 is 0 Å². The minimum atomic E-state index is -1.36. The molecule has 6 nitrogen and oxygen atoms in total. The molecule has 0 aliphatic rings. The van der Waals surface area contributed by atoms with Crippen molar-refractivity contribution in [1.29, 1.82) is 0 Å². The van der Waals surface area contributed by atoms with E-state index in [0.29, 0.717) is 0 Å². The molecule has 1 N–H and O–H groups in total. The van der Waals surface area contributed by atoms with E-state index in [1.54, 1.807) is 0 Å². The van der Waals surface area contributed by atoms with Crippen molar-refractivity contribution in [2.24, 2.45) is 0 Å². The van der Waals surface area contributed by atoms with E-state index in [0.717, 1.165) is 0 Å². The second kappa shape index (κ2) is 5.11. The molecular weight excluding hydrogens is 168 g/mol. The summed E-state index contributed by atoms with van der Waals surface area (Å²) in [5.41, 5.74) is 0. The number of rotatable bonds is 3. The molecular formula is C6H8O6. The van der Waals surface area contributed by atoms with Gasteiger partial charge < -0.3 is 14.6 Å². The minimum absolute atomic E-state index is 0.0686. The molecule has 0 aliphatic carbocycles. The molecule has 68 valence electrons. The minimum Gasteiger partial charge on any atom is -0.481 e. The Bertz CT molecular complexity index is 196.